The predicted molar refractivity (Wildman–Crippen MR) is 66.6 cm³/mol. The van der Waals surface area contributed by atoms with Crippen LogP contribution in [0.3, 0.4) is 0 Å². The minimum Gasteiger partial charge on any atom is -0.303 e. The van der Waals surface area contributed by atoms with Crippen LogP contribution in [0.15, 0.2) is 48.5 Å². The maximum Gasteiger partial charge on any atom is 0.416 e. The number of carbonyl (C=O) groups is 1. The lowest BCUT2D eigenvalue weighted by atomic mass is 10.0. The van der Waals surface area contributed by atoms with Crippen LogP contribution in [0.2, 0.25) is 0 Å². The van der Waals surface area contributed by atoms with E-state index >= 15 is 0 Å². The van der Waals surface area contributed by atoms with Crippen LogP contribution < -0.4 is 0 Å². The van der Waals surface area contributed by atoms with E-state index in [9.17, 15) is 18.0 Å². The molecule has 0 saturated heterocycles. The highest BCUT2D eigenvalue weighted by Crippen LogP contribution is 2.30. The summed E-state index contributed by atoms with van der Waals surface area (Å²) < 4.78 is 37.3. The van der Waals surface area contributed by atoms with Crippen LogP contribution in [-0.2, 0) is 17.4 Å². The van der Waals surface area contributed by atoms with Crippen molar-refractivity contribution in [2.45, 2.75) is 12.6 Å². The van der Waals surface area contributed by atoms with Gasteiger partial charge >= 0.3 is 6.18 Å². The largest absolute Gasteiger partial charge is 0.416 e. The van der Waals surface area contributed by atoms with E-state index in [2.05, 4.69) is 0 Å². The van der Waals surface area contributed by atoms with Crippen molar-refractivity contribution >= 4 is 6.29 Å². The number of hydrogen-bond donors (Lipinski definition) is 0. The van der Waals surface area contributed by atoms with Gasteiger partial charge in [-0.25, -0.2) is 0 Å². The molecule has 0 aliphatic rings. The van der Waals surface area contributed by atoms with E-state index in [1.165, 1.54) is 12.1 Å². The Kier molecular flexibility index (Phi) is 3.69. The zero-order chi connectivity index (χ0) is 13.9. The van der Waals surface area contributed by atoms with Gasteiger partial charge < -0.3 is 4.79 Å². The highest BCUT2D eigenvalue weighted by molar-refractivity contribution is 5.65. The lowest BCUT2D eigenvalue weighted by molar-refractivity contribution is -0.137. The summed E-state index contributed by atoms with van der Waals surface area (Å²) in [7, 11) is 0. The van der Waals surface area contributed by atoms with Gasteiger partial charge in [-0.2, -0.15) is 13.2 Å². The Labute approximate surface area is 108 Å². The molecule has 0 unspecified atom stereocenters. The topological polar surface area (TPSA) is 17.1 Å². The van der Waals surface area contributed by atoms with Gasteiger partial charge in [-0.15, -0.1) is 0 Å². The van der Waals surface area contributed by atoms with Crippen molar-refractivity contribution in [3.63, 3.8) is 0 Å². The first-order valence-electron chi connectivity index (χ1n) is 5.71. The van der Waals surface area contributed by atoms with Gasteiger partial charge in [0, 0.05) is 6.42 Å². The number of alkyl halides is 3. The molecule has 0 fully saturated rings. The minimum absolute atomic E-state index is 0.341. The van der Waals surface area contributed by atoms with Gasteiger partial charge in [0.05, 0.1) is 5.56 Å². The molecule has 4 heteroatoms. The van der Waals surface area contributed by atoms with Crippen molar-refractivity contribution in [1.29, 1.82) is 0 Å². The number of carbonyl (C=O) groups excluding carboxylic acids is 1. The summed E-state index contributed by atoms with van der Waals surface area (Å²) in [4.78, 5) is 10.4. The van der Waals surface area contributed by atoms with E-state index in [4.69, 9.17) is 0 Å². The molecular weight excluding hydrogens is 253 g/mol. The summed E-state index contributed by atoms with van der Waals surface area (Å²) in [6.07, 6.45) is -3.16. The van der Waals surface area contributed by atoms with Crippen LogP contribution in [-0.4, -0.2) is 6.29 Å². The molecule has 0 radical (unpaired) electrons. The van der Waals surface area contributed by atoms with Gasteiger partial charge in [0.25, 0.3) is 0 Å². The fourth-order valence-corrected chi connectivity index (χ4v) is 1.78. The molecule has 1 nitrogen and oxygen atoms in total. The predicted octanol–water partition coefficient (Wildman–Crippen LogP) is 4.11. The van der Waals surface area contributed by atoms with Crippen LogP contribution in [0, 0.1) is 0 Å². The second-order valence-corrected chi connectivity index (χ2v) is 4.14. The molecule has 0 heterocycles. The normalized spacial score (nSPS) is 11.3. The quantitative estimate of drug-likeness (QED) is 0.762. The second-order valence-electron chi connectivity index (χ2n) is 4.14. The Morgan fingerprint density at radius 1 is 0.842 bits per heavy atom. The molecule has 2 aromatic rings. The zero-order valence-electron chi connectivity index (χ0n) is 9.95. The summed E-state index contributed by atoms with van der Waals surface area (Å²) in [6, 6.07) is 12.2. The van der Waals surface area contributed by atoms with Gasteiger partial charge in [-0.1, -0.05) is 36.4 Å². The SMILES string of the molecule is O=CCc1ccc(-c2ccc(C(F)(F)F)cc2)cc1. The van der Waals surface area contributed by atoms with Crippen LogP contribution in [0.1, 0.15) is 11.1 Å². The van der Waals surface area contributed by atoms with Crippen LogP contribution in [0.4, 0.5) is 13.2 Å². The lowest BCUT2D eigenvalue weighted by Gasteiger charge is -2.08. The molecule has 0 aliphatic heterocycles. The summed E-state index contributed by atoms with van der Waals surface area (Å²) in [6.45, 7) is 0. The van der Waals surface area contributed by atoms with Crippen LogP contribution in [0.5, 0.6) is 0 Å². The number of halogens is 3. The fraction of sp³-hybridized carbons (Fsp3) is 0.133. The highest BCUT2D eigenvalue weighted by Gasteiger charge is 2.29. The Morgan fingerprint density at radius 2 is 1.32 bits per heavy atom. The molecule has 0 atom stereocenters. The highest BCUT2D eigenvalue weighted by atomic mass is 19.4. The maximum absolute atomic E-state index is 12.4. The van der Waals surface area contributed by atoms with Gasteiger partial charge in [0.15, 0.2) is 0 Å². The van der Waals surface area contributed by atoms with Gasteiger partial charge in [0.1, 0.15) is 6.29 Å². The number of hydrogen-bond acceptors (Lipinski definition) is 1. The average molecular weight is 264 g/mol. The Hall–Kier alpha value is -2.10. The van der Waals surface area contributed by atoms with Crippen LogP contribution in [0.25, 0.3) is 11.1 Å². The second kappa shape index (κ2) is 5.26. The van der Waals surface area contributed by atoms with E-state index in [0.717, 1.165) is 29.5 Å². The summed E-state index contributed by atoms with van der Waals surface area (Å²) in [5.41, 5.74) is 1.76. The summed E-state index contributed by atoms with van der Waals surface area (Å²) in [5.74, 6) is 0. The molecule has 0 spiro atoms. The first-order valence-corrected chi connectivity index (χ1v) is 5.71. The Balaban J connectivity index is 2.24. The van der Waals surface area contributed by atoms with Crippen molar-refractivity contribution in [1.82, 2.24) is 0 Å². The minimum atomic E-state index is -4.31. The van der Waals surface area contributed by atoms with Gasteiger partial charge in [-0.3, -0.25) is 0 Å². The third-order valence-corrected chi connectivity index (χ3v) is 2.82. The number of benzene rings is 2. The molecule has 0 N–H and O–H groups in total. The molecular formula is C15H11F3O. The smallest absolute Gasteiger partial charge is 0.303 e. The van der Waals surface area contributed by atoms with E-state index < -0.39 is 11.7 Å². The van der Waals surface area contributed by atoms with E-state index in [-0.39, 0.29) is 0 Å². The van der Waals surface area contributed by atoms with Gasteiger partial charge in [-0.05, 0) is 28.8 Å². The van der Waals surface area contributed by atoms with Crippen molar-refractivity contribution in [3.8, 4) is 11.1 Å². The zero-order valence-corrected chi connectivity index (χ0v) is 9.95. The Bertz CT molecular complexity index is 553. The molecule has 0 saturated carbocycles. The monoisotopic (exact) mass is 264 g/mol. The summed E-state index contributed by atoms with van der Waals surface area (Å²) in [5, 5.41) is 0. The van der Waals surface area contributed by atoms with Crippen molar-refractivity contribution in [2.24, 2.45) is 0 Å². The lowest BCUT2D eigenvalue weighted by Crippen LogP contribution is -2.03. The average Bonchev–Trinajstić information content (AvgIpc) is 2.39. The molecule has 0 aromatic heterocycles. The third kappa shape index (κ3) is 3.22. The number of rotatable bonds is 3. The molecule has 0 amide bonds. The Morgan fingerprint density at radius 3 is 1.74 bits per heavy atom. The molecule has 19 heavy (non-hydrogen) atoms. The fourth-order valence-electron chi connectivity index (χ4n) is 1.78. The van der Waals surface area contributed by atoms with Crippen molar-refractivity contribution in [3.05, 3.63) is 59.7 Å². The van der Waals surface area contributed by atoms with E-state index in [0.29, 0.717) is 12.0 Å². The standard InChI is InChI=1S/C15H11F3O/c16-15(17,18)14-7-5-13(6-8-14)12-3-1-11(2-4-12)9-10-19/h1-8,10H,9H2. The van der Waals surface area contributed by atoms with Crippen molar-refractivity contribution < 1.29 is 18.0 Å². The van der Waals surface area contributed by atoms with E-state index in [1.54, 1.807) is 24.3 Å². The first-order chi connectivity index (χ1) is 9.00. The van der Waals surface area contributed by atoms with Crippen LogP contribution >= 0.6 is 0 Å². The molecule has 0 aliphatic carbocycles. The van der Waals surface area contributed by atoms with Gasteiger partial charge in [0.2, 0.25) is 0 Å². The van der Waals surface area contributed by atoms with E-state index in [1.807, 2.05) is 0 Å². The molecule has 2 rings (SSSR count). The molecule has 0 bridgehead atoms. The molecule has 2 aromatic carbocycles. The number of aldehydes is 1. The van der Waals surface area contributed by atoms with Crippen molar-refractivity contribution in [2.75, 3.05) is 0 Å². The first kappa shape index (κ1) is 13.3. The summed E-state index contributed by atoms with van der Waals surface area (Å²) >= 11 is 0. The maximum atomic E-state index is 12.4. The molecule has 98 valence electrons. The third-order valence-electron chi connectivity index (χ3n) is 2.82.